The maximum absolute atomic E-state index is 5.94. The van der Waals surface area contributed by atoms with E-state index in [-0.39, 0.29) is 0 Å². The molecule has 132 valence electrons. The lowest BCUT2D eigenvalue weighted by Gasteiger charge is -2.19. The standard InChI is InChI=1S/C17H16N6O2S/c1-2-10-7-11-12(25-6-5-24-11)8-13(10)26-17-22-14-15(19)20-9-21-16(14)23(17)4-3-18/h1,7-9H,3-6,18H2,(H2,19,20,21). The van der Waals surface area contributed by atoms with Crippen LogP contribution in [0.15, 0.2) is 28.5 Å². The second-order valence-corrected chi connectivity index (χ2v) is 6.51. The summed E-state index contributed by atoms with van der Waals surface area (Å²) >= 11 is 1.41. The molecule has 0 saturated heterocycles. The van der Waals surface area contributed by atoms with Gasteiger partial charge in [-0.1, -0.05) is 17.7 Å². The van der Waals surface area contributed by atoms with E-state index in [4.69, 9.17) is 27.4 Å². The van der Waals surface area contributed by atoms with Gasteiger partial charge in [0.05, 0.1) is 0 Å². The second kappa shape index (κ2) is 6.74. The zero-order valence-electron chi connectivity index (χ0n) is 13.8. The van der Waals surface area contributed by atoms with Gasteiger partial charge in [0, 0.05) is 29.6 Å². The highest BCUT2D eigenvalue weighted by Gasteiger charge is 2.20. The van der Waals surface area contributed by atoms with Gasteiger partial charge in [0.2, 0.25) is 0 Å². The number of imidazole rings is 1. The molecule has 0 spiro atoms. The van der Waals surface area contributed by atoms with Crippen LogP contribution in [-0.2, 0) is 6.54 Å². The Bertz CT molecular complexity index is 1030. The average Bonchev–Trinajstić information content (AvgIpc) is 3.00. The normalized spacial score (nSPS) is 12.9. The number of fused-ring (bicyclic) bond motifs is 2. The van der Waals surface area contributed by atoms with Gasteiger partial charge < -0.3 is 25.5 Å². The Balaban J connectivity index is 1.81. The molecule has 0 amide bonds. The summed E-state index contributed by atoms with van der Waals surface area (Å²) in [5.74, 6) is 4.33. The molecule has 1 aromatic carbocycles. The van der Waals surface area contributed by atoms with E-state index in [1.54, 1.807) is 6.07 Å². The van der Waals surface area contributed by atoms with Crippen LogP contribution < -0.4 is 20.9 Å². The first kappa shape index (κ1) is 16.5. The van der Waals surface area contributed by atoms with E-state index in [0.29, 0.717) is 65.5 Å². The van der Waals surface area contributed by atoms with Crippen LogP contribution in [0.5, 0.6) is 11.5 Å². The molecule has 1 aliphatic rings. The fourth-order valence-electron chi connectivity index (χ4n) is 2.71. The molecule has 8 nitrogen and oxygen atoms in total. The maximum Gasteiger partial charge on any atom is 0.175 e. The highest BCUT2D eigenvalue weighted by Crippen LogP contribution is 2.40. The van der Waals surface area contributed by atoms with E-state index in [1.807, 2.05) is 10.6 Å². The van der Waals surface area contributed by atoms with Gasteiger partial charge in [-0.25, -0.2) is 15.0 Å². The van der Waals surface area contributed by atoms with Crippen molar-refractivity contribution in [3.63, 3.8) is 0 Å². The van der Waals surface area contributed by atoms with Gasteiger partial charge in [-0.05, 0) is 6.07 Å². The molecular weight excluding hydrogens is 352 g/mol. The summed E-state index contributed by atoms with van der Waals surface area (Å²) < 4.78 is 13.2. The first-order chi connectivity index (χ1) is 12.7. The first-order valence-corrected chi connectivity index (χ1v) is 8.77. The molecule has 4 rings (SSSR count). The van der Waals surface area contributed by atoms with Gasteiger partial charge in [-0.15, -0.1) is 6.42 Å². The van der Waals surface area contributed by atoms with Crippen molar-refractivity contribution in [2.24, 2.45) is 5.73 Å². The maximum atomic E-state index is 5.94. The molecule has 2 aromatic heterocycles. The van der Waals surface area contributed by atoms with Crippen LogP contribution in [0, 0.1) is 12.3 Å². The summed E-state index contributed by atoms with van der Waals surface area (Å²) in [4.78, 5) is 13.7. The average molecular weight is 368 g/mol. The highest BCUT2D eigenvalue weighted by atomic mass is 32.2. The van der Waals surface area contributed by atoms with Crippen molar-refractivity contribution in [1.82, 2.24) is 19.5 Å². The van der Waals surface area contributed by atoms with Crippen LogP contribution in [0.1, 0.15) is 5.56 Å². The molecule has 0 atom stereocenters. The van der Waals surface area contributed by atoms with Gasteiger partial charge in [0.1, 0.15) is 19.5 Å². The van der Waals surface area contributed by atoms with Crippen molar-refractivity contribution < 1.29 is 9.47 Å². The number of ether oxygens (including phenoxy) is 2. The number of nitrogen functional groups attached to an aromatic ring is 1. The molecule has 0 bridgehead atoms. The topological polar surface area (TPSA) is 114 Å². The fourth-order valence-corrected chi connectivity index (χ4v) is 3.72. The van der Waals surface area contributed by atoms with Gasteiger partial charge >= 0.3 is 0 Å². The Morgan fingerprint density at radius 1 is 1.23 bits per heavy atom. The van der Waals surface area contributed by atoms with E-state index < -0.39 is 0 Å². The predicted octanol–water partition coefficient (Wildman–Crippen LogP) is 1.27. The first-order valence-electron chi connectivity index (χ1n) is 7.96. The van der Waals surface area contributed by atoms with Gasteiger partial charge in [0.25, 0.3) is 0 Å². The van der Waals surface area contributed by atoms with Crippen molar-refractivity contribution in [3.05, 3.63) is 24.0 Å². The number of nitrogens with two attached hydrogens (primary N) is 2. The minimum absolute atomic E-state index is 0.326. The number of nitrogens with zero attached hydrogens (tertiary/aromatic N) is 4. The number of aromatic nitrogens is 4. The molecule has 0 radical (unpaired) electrons. The molecule has 26 heavy (non-hydrogen) atoms. The smallest absolute Gasteiger partial charge is 0.175 e. The Morgan fingerprint density at radius 2 is 2.00 bits per heavy atom. The number of anilines is 1. The van der Waals surface area contributed by atoms with Crippen LogP contribution >= 0.6 is 11.8 Å². The van der Waals surface area contributed by atoms with Crippen molar-refractivity contribution in [2.75, 3.05) is 25.5 Å². The molecule has 0 saturated carbocycles. The Hall–Kier alpha value is -2.96. The van der Waals surface area contributed by atoms with E-state index in [0.717, 1.165) is 4.90 Å². The van der Waals surface area contributed by atoms with Crippen molar-refractivity contribution in [2.45, 2.75) is 16.6 Å². The summed E-state index contributed by atoms with van der Waals surface area (Å²) in [5, 5.41) is 0.686. The minimum Gasteiger partial charge on any atom is -0.486 e. The summed E-state index contributed by atoms with van der Waals surface area (Å²) in [6.45, 7) is 2.00. The lowest BCUT2D eigenvalue weighted by molar-refractivity contribution is 0.171. The third-order valence-corrected chi connectivity index (χ3v) is 4.93. The lowest BCUT2D eigenvalue weighted by Crippen LogP contribution is -2.15. The summed E-state index contributed by atoms with van der Waals surface area (Å²) in [5.41, 5.74) is 13.6. The van der Waals surface area contributed by atoms with Crippen molar-refractivity contribution in [3.8, 4) is 23.8 Å². The molecule has 4 N–H and O–H groups in total. The number of hydrogen-bond acceptors (Lipinski definition) is 8. The van der Waals surface area contributed by atoms with E-state index >= 15 is 0 Å². The zero-order chi connectivity index (χ0) is 18.1. The zero-order valence-corrected chi connectivity index (χ0v) is 14.6. The van der Waals surface area contributed by atoms with Crippen LogP contribution in [0.3, 0.4) is 0 Å². The molecule has 9 heteroatoms. The van der Waals surface area contributed by atoms with Gasteiger partial charge in [-0.3, -0.25) is 0 Å². The number of terminal acetylenes is 1. The SMILES string of the molecule is C#Cc1cc2c(cc1Sc1nc3c(N)ncnc3n1CCN)OCCO2. The summed E-state index contributed by atoms with van der Waals surface area (Å²) in [6.07, 6.45) is 7.10. The molecule has 1 aliphatic heterocycles. The molecule has 0 aliphatic carbocycles. The number of hydrogen-bond donors (Lipinski definition) is 2. The Kier molecular flexibility index (Phi) is 4.28. The van der Waals surface area contributed by atoms with E-state index in [9.17, 15) is 0 Å². The third kappa shape index (κ3) is 2.79. The lowest BCUT2D eigenvalue weighted by atomic mass is 10.2. The van der Waals surface area contributed by atoms with Crippen LogP contribution in [0.25, 0.3) is 11.2 Å². The van der Waals surface area contributed by atoms with Crippen molar-refractivity contribution >= 4 is 28.7 Å². The third-order valence-electron chi connectivity index (χ3n) is 3.88. The van der Waals surface area contributed by atoms with Crippen molar-refractivity contribution in [1.29, 1.82) is 0 Å². The van der Waals surface area contributed by atoms with Gasteiger partial charge in [-0.2, -0.15) is 0 Å². The highest BCUT2D eigenvalue weighted by molar-refractivity contribution is 7.99. The van der Waals surface area contributed by atoms with Crippen LogP contribution in [0.2, 0.25) is 0 Å². The quantitative estimate of drug-likeness (QED) is 0.662. The van der Waals surface area contributed by atoms with E-state index in [1.165, 1.54) is 18.1 Å². The number of benzene rings is 1. The monoisotopic (exact) mass is 368 g/mol. The molecule has 0 unspecified atom stereocenters. The number of rotatable bonds is 4. The second-order valence-electron chi connectivity index (χ2n) is 5.50. The van der Waals surface area contributed by atoms with Gasteiger partial charge in [0.15, 0.2) is 33.6 Å². The van der Waals surface area contributed by atoms with E-state index in [2.05, 4.69) is 20.9 Å². The predicted molar refractivity (Wildman–Crippen MR) is 98.3 cm³/mol. The molecule has 3 aromatic rings. The Morgan fingerprint density at radius 3 is 2.73 bits per heavy atom. The fraction of sp³-hybridized carbons (Fsp3) is 0.235. The van der Waals surface area contributed by atoms with Crippen LogP contribution in [0.4, 0.5) is 5.82 Å². The summed E-state index contributed by atoms with van der Waals surface area (Å²) in [6, 6.07) is 3.68. The largest absolute Gasteiger partial charge is 0.486 e. The molecule has 0 fully saturated rings. The summed E-state index contributed by atoms with van der Waals surface area (Å²) in [7, 11) is 0. The van der Waals surface area contributed by atoms with Crippen LogP contribution in [-0.4, -0.2) is 39.3 Å². The molecular formula is C17H16N6O2S. The minimum atomic E-state index is 0.326. The molecule has 3 heterocycles. The Labute approximate surface area is 153 Å².